The second kappa shape index (κ2) is 7.80. The molecule has 3 rings (SSSR count). The number of anilines is 1. The number of fused-ring (bicyclic) bond motifs is 1. The van der Waals surface area contributed by atoms with Crippen LogP contribution in [0.15, 0.2) is 46.5 Å². The number of pyridine rings is 1. The predicted octanol–water partition coefficient (Wildman–Crippen LogP) is 3.80. The summed E-state index contributed by atoms with van der Waals surface area (Å²) in [4.78, 5) is 32.1. The first-order valence-electron chi connectivity index (χ1n) is 7.80. The highest BCUT2D eigenvalue weighted by Gasteiger charge is 2.31. The lowest BCUT2D eigenvalue weighted by Crippen LogP contribution is -2.20. The van der Waals surface area contributed by atoms with Crippen LogP contribution >= 0.6 is 23.4 Å². The van der Waals surface area contributed by atoms with Gasteiger partial charge in [-0.25, -0.2) is 9.78 Å². The van der Waals surface area contributed by atoms with Gasteiger partial charge in [0.2, 0.25) is 5.91 Å². The second-order valence-corrected chi connectivity index (χ2v) is 7.10. The summed E-state index contributed by atoms with van der Waals surface area (Å²) in [5.74, 6) is -0.826. The SMILES string of the molecule is Cc1ccn2c(=O)nc(SCC(=O)Nc3cc(C(F)(F)F)ccc3Cl)nc2c1. The van der Waals surface area contributed by atoms with Crippen LogP contribution < -0.4 is 11.0 Å². The van der Waals surface area contributed by atoms with Gasteiger partial charge in [0, 0.05) is 6.20 Å². The maximum Gasteiger partial charge on any atom is 0.416 e. The summed E-state index contributed by atoms with van der Waals surface area (Å²) in [6.45, 7) is 1.84. The molecule has 0 fully saturated rings. The average molecular weight is 429 g/mol. The van der Waals surface area contributed by atoms with Gasteiger partial charge < -0.3 is 5.32 Å². The van der Waals surface area contributed by atoms with E-state index in [0.29, 0.717) is 5.65 Å². The number of alkyl halides is 3. The minimum Gasteiger partial charge on any atom is -0.324 e. The molecule has 1 amide bonds. The van der Waals surface area contributed by atoms with Crippen molar-refractivity contribution < 1.29 is 18.0 Å². The van der Waals surface area contributed by atoms with Crippen molar-refractivity contribution in [2.45, 2.75) is 18.3 Å². The number of hydrogen-bond acceptors (Lipinski definition) is 5. The zero-order valence-corrected chi connectivity index (χ0v) is 15.8. The van der Waals surface area contributed by atoms with E-state index >= 15 is 0 Å². The predicted molar refractivity (Wildman–Crippen MR) is 99.8 cm³/mol. The highest BCUT2D eigenvalue weighted by molar-refractivity contribution is 7.99. The summed E-state index contributed by atoms with van der Waals surface area (Å²) in [5.41, 5.74) is -0.359. The summed E-state index contributed by atoms with van der Waals surface area (Å²) in [7, 11) is 0. The minimum absolute atomic E-state index is 0.0259. The van der Waals surface area contributed by atoms with E-state index in [-0.39, 0.29) is 21.6 Å². The molecule has 0 saturated heterocycles. The first kappa shape index (κ1) is 20.2. The number of halogens is 4. The first-order valence-corrected chi connectivity index (χ1v) is 9.16. The van der Waals surface area contributed by atoms with Crippen molar-refractivity contribution in [3.05, 3.63) is 63.2 Å². The van der Waals surface area contributed by atoms with E-state index in [1.54, 1.807) is 18.3 Å². The summed E-state index contributed by atoms with van der Waals surface area (Å²) in [6.07, 6.45) is -3.01. The Hall–Kier alpha value is -2.59. The van der Waals surface area contributed by atoms with E-state index in [4.69, 9.17) is 11.6 Å². The number of thioether (sulfide) groups is 1. The van der Waals surface area contributed by atoms with E-state index in [1.807, 2.05) is 6.92 Å². The molecule has 0 aliphatic heterocycles. The zero-order chi connectivity index (χ0) is 20.5. The lowest BCUT2D eigenvalue weighted by Gasteiger charge is -2.11. The maximum absolute atomic E-state index is 12.8. The number of amides is 1. The van der Waals surface area contributed by atoms with Gasteiger partial charge in [0.1, 0.15) is 5.65 Å². The van der Waals surface area contributed by atoms with Crippen LogP contribution in [-0.4, -0.2) is 26.0 Å². The molecule has 0 aliphatic carbocycles. The van der Waals surface area contributed by atoms with Crippen LogP contribution in [-0.2, 0) is 11.0 Å². The highest BCUT2D eigenvalue weighted by atomic mass is 35.5. The average Bonchev–Trinajstić information content (AvgIpc) is 2.60. The Morgan fingerprint density at radius 2 is 2.00 bits per heavy atom. The molecule has 28 heavy (non-hydrogen) atoms. The minimum atomic E-state index is -4.56. The Morgan fingerprint density at radius 3 is 2.71 bits per heavy atom. The number of nitrogens with zero attached hydrogens (tertiary/aromatic N) is 3. The van der Waals surface area contributed by atoms with Gasteiger partial charge in [-0.3, -0.25) is 9.20 Å². The molecular weight excluding hydrogens is 417 g/mol. The van der Waals surface area contributed by atoms with Crippen molar-refractivity contribution in [3.63, 3.8) is 0 Å². The molecule has 6 nitrogen and oxygen atoms in total. The standard InChI is InChI=1S/C17H12ClF3N4O2S/c1-9-4-5-25-13(6-9)23-15(24-16(25)27)28-8-14(26)22-12-7-10(17(19,20)21)2-3-11(12)18/h2-7H,8H2,1H3,(H,22,26). The fraction of sp³-hybridized carbons (Fsp3) is 0.176. The molecule has 0 unspecified atom stereocenters. The van der Waals surface area contributed by atoms with Crippen LogP contribution in [0.4, 0.5) is 18.9 Å². The summed E-state index contributed by atoms with van der Waals surface area (Å²) in [6, 6.07) is 6.06. The summed E-state index contributed by atoms with van der Waals surface area (Å²) in [5, 5.41) is 2.38. The van der Waals surface area contributed by atoms with Crippen molar-refractivity contribution in [2.75, 3.05) is 11.1 Å². The van der Waals surface area contributed by atoms with E-state index < -0.39 is 23.3 Å². The Morgan fingerprint density at radius 1 is 1.25 bits per heavy atom. The maximum atomic E-state index is 12.8. The Labute approximate surface area is 165 Å². The Balaban J connectivity index is 1.73. The summed E-state index contributed by atoms with van der Waals surface area (Å²) >= 11 is 6.74. The monoisotopic (exact) mass is 428 g/mol. The van der Waals surface area contributed by atoms with Crippen LogP contribution in [0.25, 0.3) is 5.65 Å². The lowest BCUT2D eigenvalue weighted by molar-refractivity contribution is -0.137. The van der Waals surface area contributed by atoms with E-state index in [2.05, 4.69) is 15.3 Å². The number of benzene rings is 1. The molecule has 2 heterocycles. The molecule has 2 aromatic heterocycles. The summed E-state index contributed by atoms with van der Waals surface area (Å²) < 4.78 is 39.6. The quantitative estimate of drug-likeness (QED) is 0.640. The van der Waals surface area contributed by atoms with Crippen LogP contribution in [0.3, 0.4) is 0 Å². The van der Waals surface area contributed by atoms with Crippen molar-refractivity contribution in [1.29, 1.82) is 0 Å². The Kier molecular flexibility index (Phi) is 5.61. The molecule has 0 radical (unpaired) electrons. The highest BCUT2D eigenvalue weighted by Crippen LogP contribution is 2.33. The van der Waals surface area contributed by atoms with Crippen LogP contribution in [0, 0.1) is 6.92 Å². The van der Waals surface area contributed by atoms with Crippen molar-refractivity contribution in [3.8, 4) is 0 Å². The number of carbonyl (C=O) groups excluding carboxylic acids is 1. The van der Waals surface area contributed by atoms with Gasteiger partial charge in [-0.1, -0.05) is 23.4 Å². The van der Waals surface area contributed by atoms with E-state index in [1.165, 1.54) is 4.40 Å². The third-order valence-corrected chi connectivity index (χ3v) is 4.77. The normalized spacial score (nSPS) is 11.6. The number of aryl methyl sites for hydroxylation is 1. The van der Waals surface area contributed by atoms with Gasteiger partial charge in [0.15, 0.2) is 5.16 Å². The number of aromatic nitrogens is 3. The zero-order valence-electron chi connectivity index (χ0n) is 14.2. The largest absolute Gasteiger partial charge is 0.416 e. The number of hydrogen-bond donors (Lipinski definition) is 1. The van der Waals surface area contributed by atoms with E-state index in [0.717, 1.165) is 35.5 Å². The molecule has 0 saturated carbocycles. The van der Waals surface area contributed by atoms with Crippen LogP contribution in [0.1, 0.15) is 11.1 Å². The molecule has 0 spiro atoms. The van der Waals surface area contributed by atoms with Gasteiger partial charge in [-0.05, 0) is 42.8 Å². The van der Waals surface area contributed by atoms with E-state index in [9.17, 15) is 22.8 Å². The molecule has 0 atom stereocenters. The first-order chi connectivity index (χ1) is 13.1. The molecule has 3 aromatic rings. The lowest BCUT2D eigenvalue weighted by atomic mass is 10.2. The van der Waals surface area contributed by atoms with Crippen LogP contribution in [0.5, 0.6) is 0 Å². The number of rotatable bonds is 4. The number of carbonyl (C=O) groups is 1. The molecular formula is C17H12ClF3N4O2S. The fourth-order valence-electron chi connectivity index (χ4n) is 2.27. The van der Waals surface area contributed by atoms with Crippen molar-refractivity contribution in [2.24, 2.45) is 0 Å². The third kappa shape index (κ3) is 4.63. The Bertz CT molecular complexity index is 1120. The van der Waals surface area contributed by atoms with Gasteiger partial charge in [0.05, 0.1) is 22.0 Å². The fourth-order valence-corrected chi connectivity index (χ4v) is 3.07. The molecule has 0 aliphatic rings. The molecule has 1 aromatic carbocycles. The van der Waals surface area contributed by atoms with Gasteiger partial charge in [-0.15, -0.1) is 0 Å². The molecule has 11 heteroatoms. The molecule has 146 valence electrons. The van der Waals surface area contributed by atoms with Gasteiger partial charge >= 0.3 is 11.9 Å². The van der Waals surface area contributed by atoms with Crippen LogP contribution in [0.2, 0.25) is 5.02 Å². The topological polar surface area (TPSA) is 76.4 Å². The molecule has 0 bridgehead atoms. The smallest absolute Gasteiger partial charge is 0.324 e. The second-order valence-electron chi connectivity index (χ2n) is 5.75. The van der Waals surface area contributed by atoms with Gasteiger partial charge in [0.25, 0.3) is 0 Å². The van der Waals surface area contributed by atoms with Gasteiger partial charge in [-0.2, -0.15) is 18.2 Å². The third-order valence-electron chi connectivity index (χ3n) is 3.60. The number of nitrogens with one attached hydrogen (secondary N) is 1. The van der Waals surface area contributed by atoms with Crippen molar-refractivity contribution in [1.82, 2.24) is 14.4 Å². The van der Waals surface area contributed by atoms with Crippen molar-refractivity contribution >= 4 is 40.6 Å². The molecule has 1 N–H and O–H groups in total.